The van der Waals surface area contributed by atoms with Crippen LogP contribution in [0.4, 0.5) is 14.5 Å². The van der Waals surface area contributed by atoms with Crippen molar-refractivity contribution in [1.82, 2.24) is 0 Å². The third kappa shape index (κ3) is 3.03. The summed E-state index contributed by atoms with van der Waals surface area (Å²) in [6.45, 7) is 0. The number of carbonyl (C=O) groups is 1. The van der Waals surface area contributed by atoms with Crippen LogP contribution < -0.4 is 5.32 Å². The third-order valence-electron chi connectivity index (χ3n) is 2.68. The average Bonchev–Trinajstić information content (AvgIpc) is 2.39. The van der Waals surface area contributed by atoms with E-state index >= 15 is 0 Å². The van der Waals surface area contributed by atoms with E-state index in [2.05, 4.69) is 5.32 Å². The van der Waals surface area contributed by atoms with Crippen LogP contribution in [0, 0.1) is 11.6 Å². The van der Waals surface area contributed by atoms with Crippen LogP contribution >= 0.6 is 0 Å². The molecule has 1 unspecified atom stereocenters. The van der Waals surface area contributed by atoms with Crippen LogP contribution in [0.15, 0.2) is 42.5 Å². The van der Waals surface area contributed by atoms with Crippen molar-refractivity contribution in [3.05, 3.63) is 59.7 Å². The van der Waals surface area contributed by atoms with Gasteiger partial charge in [-0.3, -0.25) is 0 Å². The topological polar surface area (TPSA) is 69.6 Å². The van der Waals surface area contributed by atoms with Crippen molar-refractivity contribution in [2.24, 2.45) is 0 Å². The summed E-state index contributed by atoms with van der Waals surface area (Å²) in [5, 5.41) is 21.4. The maximum absolute atomic E-state index is 13.2. The molecule has 0 aromatic heterocycles. The second kappa shape index (κ2) is 5.56. The number of halogens is 2. The molecule has 4 nitrogen and oxygen atoms in total. The number of hydrogen-bond donors (Lipinski definition) is 3. The van der Waals surface area contributed by atoms with Crippen molar-refractivity contribution in [2.45, 2.75) is 6.04 Å². The smallest absolute Gasteiger partial charge is 0.330 e. The monoisotopic (exact) mass is 279 g/mol. The van der Waals surface area contributed by atoms with Crippen LogP contribution in [0.2, 0.25) is 0 Å². The molecule has 6 heteroatoms. The fourth-order valence-electron chi connectivity index (χ4n) is 1.77. The van der Waals surface area contributed by atoms with Gasteiger partial charge in [0.15, 0.2) is 6.04 Å². The number of rotatable bonds is 4. The largest absolute Gasteiger partial charge is 0.508 e. The number of hydrogen-bond acceptors (Lipinski definition) is 3. The molecule has 2 rings (SSSR count). The second-order valence-electron chi connectivity index (χ2n) is 4.13. The lowest BCUT2D eigenvalue weighted by molar-refractivity contribution is -0.138. The molecule has 104 valence electrons. The summed E-state index contributed by atoms with van der Waals surface area (Å²) >= 11 is 0. The maximum atomic E-state index is 13.2. The minimum Gasteiger partial charge on any atom is -0.508 e. The number of anilines is 1. The molecule has 0 heterocycles. The molecule has 20 heavy (non-hydrogen) atoms. The zero-order chi connectivity index (χ0) is 14.7. The van der Waals surface area contributed by atoms with Crippen molar-refractivity contribution in [2.75, 3.05) is 5.32 Å². The lowest BCUT2D eigenvalue weighted by Crippen LogP contribution is -2.20. The van der Waals surface area contributed by atoms with Gasteiger partial charge in [-0.05, 0) is 36.4 Å². The zero-order valence-electron chi connectivity index (χ0n) is 10.2. The Balaban J connectivity index is 2.37. The van der Waals surface area contributed by atoms with Crippen molar-refractivity contribution >= 4 is 11.7 Å². The molecule has 3 N–H and O–H groups in total. The molecule has 0 saturated heterocycles. The Morgan fingerprint density at radius 3 is 2.45 bits per heavy atom. The van der Waals surface area contributed by atoms with Gasteiger partial charge in [-0.15, -0.1) is 0 Å². The minimum absolute atomic E-state index is 0.137. The van der Waals surface area contributed by atoms with Gasteiger partial charge < -0.3 is 15.5 Å². The summed E-state index contributed by atoms with van der Waals surface area (Å²) in [5.74, 6) is -2.90. The van der Waals surface area contributed by atoms with E-state index in [1.807, 2.05) is 0 Å². The number of benzene rings is 2. The lowest BCUT2D eigenvalue weighted by atomic mass is 10.1. The predicted molar refractivity (Wildman–Crippen MR) is 68.5 cm³/mol. The summed E-state index contributed by atoms with van der Waals surface area (Å²) in [5.41, 5.74) is 0.0721. The summed E-state index contributed by atoms with van der Waals surface area (Å²) in [6, 6.07) is 6.78. The molecule has 0 radical (unpaired) electrons. The molecule has 1 atom stereocenters. The fourth-order valence-corrected chi connectivity index (χ4v) is 1.77. The van der Waals surface area contributed by atoms with Crippen LogP contribution in [0.25, 0.3) is 0 Å². The normalized spacial score (nSPS) is 11.9. The van der Waals surface area contributed by atoms with Gasteiger partial charge in [-0.2, -0.15) is 0 Å². The number of phenolic OH excluding ortho intramolecular Hbond substituents is 1. The predicted octanol–water partition coefficient (Wildman–Crippen LogP) is 2.91. The molecule has 0 saturated carbocycles. The molecule has 2 aromatic carbocycles. The van der Waals surface area contributed by atoms with Crippen LogP contribution in [0.5, 0.6) is 5.75 Å². The SMILES string of the molecule is O=C(O)C(Nc1cccc(F)c1)c1cc(F)ccc1O. The van der Waals surface area contributed by atoms with E-state index in [4.69, 9.17) is 0 Å². The van der Waals surface area contributed by atoms with Gasteiger partial charge in [-0.1, -0.05) is 6.07 Å². The van der Waals surface area contributed by atoms with Gasteiger partial charge >= 0.3 is 5.97 Å². The van der Waals surface area contributed by atoms with E-state index in [9.17, 15) is 23.8 Å². The van der Waals surface area contributed by atoms with Crippen molar-refractivity contribution < 1.29 is 23.8 Å². The van der Waals surface area contributed by atoms with Crippen molar-refractivity contribution in [1.29, 1.82) is 0 Å². The van der Waals surface area contributed by atoms with Gasteiger partial charge in [0.2, 0.25) is 0 Å². The molecule has 0 spiro atoms. The average molecular weight is 279 g/mol. The maximum Gasteiger partial charge on any atom is 0.330 e. The third-order valence-corrected chi connectivity index (χ3v) is 2.68. The summed E-state index contributed by atoms with van der Waals surface area (Å²) in [4.78, 5) is 11.3. The Hall–Kier alpha value is -2.63. The highest BCUT2D eigenvalue weighted by Crippen LogP contribution is 2.28. The zero-order valence-corrected chi connectivity index (χ0v) is 10.2. The van der Waals surface area contributed by atoms with E-state index in [0.717, 1.165) is 24.3 Å². The highest BCUT2D eigenvalue weighted by atomic mass is 19.1. The van der Waals surface area contributed by atoms with Crippen LogP contribution in [-0.4, -0.2) is 16.2 Å². The van der Waals surface area contributed by atoms with Crippen LogP contribution in [-0.2, 0) is 4.79 Å². The summed E-state index contributed by atoms with van der Waals surface area (Å²) in [7, 11) is 0. The quantitative estimate of drug-likeness (QED) is 0.805. The second-order valence-corrected chi connectivity index (χ2v) is 4.13. The Labute approximate surface area is 113 Å². The Kier molecular flexibility index (Phi) is 3.84. The van der Waals surface area contributed by atoms with Gasteiger partial charge in [0.05, 0.1) is 0 Å². The van der Waals surface area contributed by atoms with E-state index in [-0.39, 0.29) is 17.0 Å². The molecular weight excluding hydrogens is 268 g/mol. The fraction of sp³-hybridized carbons (Fsp3) is 0.0714. The molecule has 0 aliphatic carbocycles. The summed E-state index contributed by atoms with van der Waals surface area (Å²) < 4.78 is 26.2. The molecule has 0 bridgehead atoms. The number of aliphatic carboxylic acids is 1. The number of nitrogens with one attached hydrogen (secondary N) is 1. The number of aromatic hydroxyl groups is 1. The molecule has 0 amide bonds. The van der Waals surface area contributed by atoms with E-state index in [0.29, 0.717) is 0 Å². The first-order chi connectivity index (χ1) is 9.47. The van der Waals surface area contributed by atoms with Gasteiger partial charge in [0.25, 0.3) is 0 Å². The Bertz CT molecular complexity index is 646. The van der Waals surface area contributed by atoms with Gasteiger partial charge in [0, 0.05) is 11.3 Å². The number of carboxylic acids is 1. The van der Waals surface area contributed by atoms with E-state index in [1.165, 1.54) is 18.2 Å². The highest BCUT2D eigenvalue weighted by Gasteiger charge is 2.23. The number of phenols is 1. The molecular formula is C14H11F2NO3. The first kappa shape index (κ1) is 13.8. The lowest BCUT2D eigenvalue weighted by Gasteiger charge is -2.17. The number of carboxylic acid groups (broad SMARTS) is 1. The van der Waals surface area contributed by atoms with Gasteiger partial charge in [-0.25, -0.2) is 13.6 Å². The standard InChI is InChI=1S/C14H11F2NO3/c15-8-2-1-3-10(6-8)17-13(14(19)20)11-7-9(16)4-5-12(11)18/h1-7,13,17-18H,(H,19,20). The van der Waals surface area contributed by atoms with Gasteiger partial charge in [0.1, 0.15) is 17.4 Å². The first-order valence-corrected chi connectivity index (χ1v) is 5.70. The highest BCUT2D eigenvalue weighted by molar-refractivity contribution is 5.80. The summed E-state index contributed by atoms with van der Waals surface area (Å²) in [6.07, 6.45) is 0. The molecule has 0 fully saturated rings. The Morgan fingerprint density at radius 1 is 1.10 bits per heavy atom. The minimum atomic E-state index is -1.40. The Morgan fingerprint density at radius 2 is 1.80 bits per heavy atom. The van der Waals surface area contributed by atoms with E-state index < -0.39 is 23.6 Å². The molecule has 0 aliphatic heterocycles. The van der Waals surface area contributed by atoms with Crippen LogP contribution in [0.3, 0.4) is 0 Å². The van der Waals surface area contributed by atoms with Crippen molar-refractivity contribution in [3.63, 3.8) is 0 Å². The molecule has 0 aliphatic rings. The van der Waals surface area contributed by atoms with E-state index in [1.54, 1.807) is 0 Å². The van der Waals surface area contributed by atoms with Crippen molar-refractivity contribution in [3.8, 4) is 5.75 Å². The van der Waals surface area contributed by atoms with Crippen LogP contribution in [0.1, 0.15) is 11.6 Å². The molecule has 2 aromatic rings. The first-order valence-electron chi connectivity index (χ1n) is 5.70.